The molecule has 0 spiro atoms. The van der Waals surface area contributed by atoms with Gasteiger partial charge in [-0.15, -0.1) is 0 Å². The second-order valence-corrected chi connectivity index (χ2v) is 4.85. The van der Waals surface area contributed by atoms with Gasteiger partial charge in [-0.2, -0.15) is 12.6 Å². The Labute approximate surface area is 104 Å². The molecule has 0 aliphatic rings. The summed E-state index contributed by atoms with van der Waals surface area (Å²) in [4.78, 5) is 0. The topological polar surface area (TPSA) is 40.5 Å². The normalized spacial score (nSPS) is 15.0. The predicted molar refractivity (Wildman–Crippen MR) is 68.3 cm³/mol. The highest BCUT2D eigenvalue weighted by Gasteiger charge is 2.19. The lowest BCUT2D eigenvalue weighted by atomic mass is 10.0. The summed E-state index contributed by atoms with van der Waals surface area (Å²) >= 11 is 7.40. The van der Waals surface area contributed by atoms with Crippen LogP contribution in [0.3, 0.4) is 0 Å². The minimum Gasteiger partial charge on any atom is -0.390 e. The smallest absolute Gasteiger partial charge is 0.106 e. The molecule has 0 aromatic heterocycles. The van der Waals surface area contributed by atoms with Gasteiger partial charge in [0.2, 0.25) is 0 Å². The van der Waals surface area contributed by atoms with Crippen LogP contribution in [0, 0.1) is 6.92 Å². The number of hydrogen-bond donors (Lipinski definition) is 3. The number of halogens is 1. The van der Waals surface area contributed by atoms with Crippen LogP contribution >= 0.6 is 28.6 Å². The van der Waals surface area contributed by atoms with E-state index in [-0.39, 0.29) is 0 Å². The first-order valence-corrected chi connectivity index (χ1v) is 6.22. The number of hydrogen-bond acceptors (Lipinski definition) is 3. The highest BCUT2D eigenvalue weighted by Crippen LogP contribution is 2.27. The largest absolute Gasteiger partial charge is 0.390 e. The first-order chi connectivity index (χ1) is 7.06. The number of benzene rings is 1. The van der Waals surface area contributed by atoms with Crippen molar-refractivity contribution >= 4 is 28.6 Å². The van der Waals surface area contributed by atoms with E-state index in [9.17, 15) is 10.2 Å². The predicted octanol–water partition coefficient (Wildman–Crippen LogP) is 2.47. The molecule has 0 radical (unpaired) electrons. The van der Waals surface area contributed by atoms with Crippen LogP contribution in [0.25, 0.3) is 0 Å². The molecule has 1 rings (SSSR count). The Bertz CT molecular complexity index is 330. The number of aryl methyl sites for hydroxylation is 1. The average Bonchev–Trinajstić information content (AvgIpc) is 2.17. The zero-order chi connectivity index (χ0) is 11.4. The zero-order valence-corrected chi connectivity index (χ0v) is 11.0. The van der Waals surface area contributed by atoms with Crippen LogP contribution in [-0.4, -0.2) is 22.1 Å². The van der Waals surface area contributed by atoms with Gasteiger partial charge < -0.3 is 10.2 Å². The van der Waals surface area contributed by atoms with E-state index in [1.807, 2.05) is 25.1 Å². The van der Waals surface area contributed by atoms with Crippen molar-refractivity contribution in [2.75, 3.05) is 5.75 Å². The summed E-state index contributed by atoms with van der Waals surface area (Å²) < 4.78 is 0.827. The van der Waals surface area contributed by atoms with Crippen molar-refractivity contribution in [1.29, 1.82) is 0 Å². The lowest BCUT2D eigenvalue weighted by Gasteiger charge is -2.18. The summed E-state index contributed by atoms with van der Waals surface area (Å²) in [5.41, 5.74) is 1.83. The molecule has 2 atom stereocenters. The first-order valence-electron chi connectivity index (χ1n) is 4.79. The Kier molecular flexibility index (Phi) is 5.12. The van der Waals surface area contributed by atoms with Gasteiger partial charge in [-0.25, -0.2) is 0 Å². The van der Waals surface area contributed by atoms with Crippen LogP contribution in [0.4, 0.5) is 0 Å². The third-order valence-corrected chi connectivity index (χ3v) is 3.21. The molecule has 84 valence electrons. The summed E-state index contributed by atoms with van der Waals surface area (Å²) in [7, 11) is 0. The van der Waals surface area contributed by atoms with Gasteiger partial charge in [0, 0.05) is 4.47 Å². The third kappa shape index (κ3) is 3.48. The van der Waals surface area contributed by atoms with Crippen molar-refractivity contribution in [3.63, 3.8) is 0 Å². The van der Waals surface area contributed by atoms with E-state index >= 15 is 0 Å². The van der Waals surface area contributed by atoms with Crippen LogP contribution < -0.4 is 0 Å². The third-order valence-electron chi connectivity index (χ3n) is 2.26. The van der Waals surface area contributed by atoms with Crippen LogP contribution in [0.1, 0.15) is 23.7 Å². The summed E-state index contributed by atoms with van der Waals surface area (Å²) in [5, 5.41) is 19.5. The Morgan fingerprint density at radius 2 is 2.07 bits per heavy atom. The van der Waals surface area contributed by atoms with E-state index in [0.717, 1.165) is 15.6 Å². The number of aliphatic hydroxyl groups is 2. The Hall–Kier alpha value is -0.0300. The maximum atomic E-state index is 9.88. The molecule has 0 fully saturated rings. The molecule has 15 heavy (non-hydrogen) atoms. The van der Waals surface area contributed by atoms with Gasteiger partial charge in [-0.05, 0) is 36.3 Å². The molecule has 0 amide bonds. The number of rotatable bonds is 4. The Morgan fingerprint density at radius 1 is 1.40 bits per heavy atom. The molecule has 4 heteroatoms. The van der Waals surface area contributed by atoms with Gasteiger partial charge in [0.05, 0.1) is 6.10 Å². The highest BCUT2D eigenvalue weighted by atomic mass is 79.9. The van der Waals surface area contributed by atoms with E-state index in [1.54, 1.807) is 0 Å². The lowest BCUT2D eigenvalue weighted by molar-refractivity contribution is 0.0168. The molecule has 0 heterocycles. The Morgan fingerprint density at radius 3 is 2.60 bits per heavy atom. The molecular weight excluding hydrogens is 276 g/mol. The van der Waals surface area contributed by atoms with Gasteiger partial charge in [0.1, 0.15) is 6.10 Å². The average molecular weight is 291 g/mol. The van der Waals surface area contributed by atoms with Gasteiger partial charge >= 0.3 is 0 Å². The fourth-order valence-corrected chi connectivity index (χ4v) is 2.36. The molecule has 2 N–H and O–H groups in total. The summed E-state index contributed by atoms with van der Waals surface area (Å²) in [6, 6.07) is 5.66. The molecule has 0 aliphatic carbocycles. The van der Waals surface area contributed by atoms with E-state index in [4.69, 9.17) is 0 Å². The van der Waals surface area contributed by atoms with Gasteiger partial charge in [-0.1, -0.05) is 28.1 Å². The number of aliphatic hydroxyl groups excluding tert-OH is 2. The molecule has 2 unspecified atom stereocenters. The monoisotopic (exact) mass is 290 g/mol. The quantitative estimate of drug-likeness (QED) is 0.746. The molecule has 1 aromatic carbocycles. The lowest BCUT2D eigenvalue weighted by Crippen LogP contribution is -2.19. The molecule has 0 saturated carbocycles. The second-order valence-electron chi connectivity index (χ2n) is 3.55. The van der Waals surface area contributed by atoms with Crippen LogP contribution in [-0.2, 0) is 0 Å². The minimum atomic E-state index is -0.855. The van der Waals surface area contributed by atoms with Crippen LogP contribution in [0.2, 0.25) is 0 Å². The SMILES string of the molecule is Cc1ccc(C(O)C(O)CCS)c(Br)c1. The van der Waals surface area contributed by atoms with Gasteiger partial charge in [-0.3, -0.25) is 0 Å². The zero-order valence-electron chi connectivity index (χ0n) is 8.52. The molecule has 0 saturated heterocycles. The van der Waals surface area contributed by atoms with Crippen molar-refractivity contribution in [2.45, 2.75) is 25.6 Å². The van der Waals surface area contributed by atoms with Crippen molar-refractivity contribution in [3.05, 3.63) is 33.8 Å². The van der Waals surface area contributed by atoms with E-state index < -0.39 is 12.2 Å². The van der Waals surface area contributed by atoms with Crippen molar-refractivity contribution in [1.82, 2.24) is 0 Å². The first kappa shape index (κ1) is 13.0. The second kappa shape index (κ2) is 5.89. The summed E-state index contributed by atoms with van der Waals surface area (Å²) in [5.74, 6) is 0.557. The molecule has 0 aliphatic heterocycles. The highest BCUT2D eigenvalue weighted by molar-refractivity contribution is 9.10. The number of thiol groups is 1. The van der Waals surface area contributed by atoms with Crippen LogP contribution in [0.5, 0.6) is 0 Å². The van der Waals surface area contributed by atoms with Gasteiger partial charge in [0.25, 0.3) is 0 Å². The van der Waals surface area contributed by atoms with E-state index in [0.29, 0.717) is 12.2 Å². The van der Waals surface area contributed by atoms with E-state index in [2.05, 4.69) is 28.6 Å². The van der Waals surface area contributed by atoms with Crippen molar-refractivity contribution < 1.29 is 10.2 Å². The van der Waals surface area contributed by atoms with E-state index in [1.165, 1.54) is 0 Å². The molecule has 1 aromatic rings. The standard InChI is InChI=1S/C11H15BrO2S/c1-7-2-3-8(9(12)6-7)11(14)10(13)4-5-15/h2-3,6,10-11,13-15H,4-5H2,1H3. The van der Waals surface area contributed by atoms with Gasteiger partial charge in [0.15, 0.2) is 0 Å². The van der Waals surface area contributed by atoms with Crippen LogP contribution in [0.15, 0.2) is 22.7 Å². The minimum absolute atomic E-state index is 0.477. The molecule has 2 nitrogen and oxygen atoms in total. The van der Waals surface area contributed by atoms with Crippen molar-refractivity contribution in [3.8, 4) is 0 Å². The fourth-order valence-electron chi connectivity index (χ4n) is 1.37. The Balaban J connectivity index is 2.86. The maximum absolute atomic E-state index is 9.88. The fraction of sp³-hybridized carbons (Fsp3) is 0.455. The molecular formula is C11H15BrO2S. The summed E-state index contributed by atoms with van der Waals surface area (Å²) in [6.07, 6.45) is -1.14. The van der Waals surface area contributed by atoms with Crippen molar-refractivity contribution in [2.24, 2.45) is 0 Å². The maximum Gasteiger partial charge on any atom is 0.106 e. The molecule has 0 bridgehead atoms. The summed E-state index contributed by atoms with van der Waals surface area (Å²) in [6.45, 7) is 1.98.